The molecule has 7 heteroatoms. The number of likely N-dealkylation sites (N-methyl/N-ethyl adjacent to an activating group) is 1. The van der Waals surface area contributed by atoms with Crippen molar-refractivity contribution in [2.24, 2.45) is 0 Å². The quantitative estimate of drug-likeness (QED) is 0.715. The van der Waals surface area contributed by atoms with Crippen LogP contribution in [0.2, 0.25) is 5.02 Å². The van der Waals surface area contributed by atoms with Crippen LogP contribution in [0.1, 0.15) is 25.8 Å². The summed E-state index contributed by atoms with van der Waals surface area (Å²) in [5.41, 5.74) is 0.985. The van der Waals surface area contributed by atoms with Crippen molar-refractivity contribution in [2.45, 2.75) is 31.6 Å². The number of halogens is 2. The third-order valence-corrected chi connectivity index (χ3v) is 4.61. The lowest BCUT2D eigenvalue weighted by Gasteiger charge is -2.10. The highest BCUT2D eigenvalue weighted by Gasteiger charge is 2.17. The van der Waals surface area contributed by atoms with Gasteiger partial charge in [0, 0.05) is 13.1 Å². The third kappa shape index (κ3) is 5.97. The van der Waals surface area contributed by atoms with Gasteiger partial charge in [0.2, 0.25) is 10.0 Å². The van der Waals surface area contributed by atoms with Crippen LogP contribution in [0.25, 0.3) is 0 Å². The van der Waals surface area contributed by atoms with Crippen LogP contribution >= 0.6 is 24.0 Å². The van der Waals surface area contributed by atoms with Crippen molar-refractivity contribution in [2.75, 3.05) is 19.6 Å². The zero-order chi connectivity index (χ0) is 14.3. The number of hydrogen-bond donors (Lipinski definition) is 2. The predicted molar refractivity (Wildman–Crippen MR) is 86.4 cm³/mol. The normalized spacial score (nSPS) is 11.2. The van der Waals surface area contributed by atoms with Crippen molar-refractivity contribution in [1.82, 2.24) is 10.0 Å². The van der Waals surface area contributed by atoms with E-state index in [2.05, 4.69) is 17.0 Å². The molecule has 0 aromatic heterocycles. The summed E-state index contributed by atoms with van der Waals surface area (Å²) in [4.78, 5) is 0.164. The van der Waals surface area contributed by atoms with Crippen LogP contribution in [0.15, 0.2) is 23.1 Å². The first-order chi connectivity index (χ1) is 9.01. The number of sulfonamides is 1. The maximum Gasteiger partial charge on any atom is 0.242 e. The predicted octanol–water partition coefficient (Wildman–Crippen LogP) is 2.60. The Hall–Kier alpha value is -0.330. The van der Waals surface area contributed by atoms with Gasteiger partial charge in [0.05, 0.1) is 5.02 Å². The van der Waals surface area contributed by atoms with Crippen molar-refractivity contribution in [3.05, 3.63) is 28.8 Å². The van der Waals surface area contributed by atoms with Gasteiger partial charge in [-0.1, -0.05) is 37.9 Å². The van der Waals surface area contributed by atoms with Gasteiger partial charge in [0.15, 0.2) is 0 Å². The Morgan fingerprint density at radius 3 is 2.50 bits per heavy atom. The minimum atomic E-state index is -3.53. The minimum absolute atomic E-state index is 0. The second-order valence-corrected chi connectivity index (χ2v) is 6.41. The first-order valence-electron chi connectivity index (χ1n) is 6.50. The number of hydrogen-bond acceptors (Lipinski definition) is 3. The molecule has 1 aromatic carbocycles. The number of nitrogens with one attached hydrogen (secondary N) is 2. The van der Waals surface area contributed by atoms with Crippen LogP contribution in [0, 0.1) is 0 Å². The summed E-state index contributed by atoms with van der Waals surface area (Å²) in [6.45, 7) is 5.79. The molecule has 1 rings (SSSR count). The highest BCUT2D eigenvalue weighted by atomic mass is 35.5. The second-order valence-electron chi connectivity index (χ2n) is 4.27. The maximum atomic E-state index is 12.1. The molecule has 0 atom stereocenters. The van der Waals surface area contributed by atoms with Crippen molar-refractivity contribution in [1.29, 1.82) is 0 Å². The SMILES string of the molecule is CCCc1ccc(Cl)c(S(=O)(=O)NCCNCC)c1.Cl. The summed E-state index contributed by atoms with van der Waals surface area (Å²) >= 11 is 5.99. The molecular formula is C13H22Cl2N2O2S. The summed E-state index contributed by atoms with van der Waals surface area (Å²) in [6, 6.07) is 5.16. The summed E-state index contributed by atoms with van der Waals surface area (Å²) in [5.74, 6) is 0. The molecule has 0 aliphatic heterocycles. The zero-order valence-electron chi connectivity index (χ0n) is 11.8. The molecule has 4 nitrogen and oxygen atoms in total. The van der Waals surface area contributed by atoms with Gasteiger partial charge in [0.25, 0.3) is 0 Å². The van der Waals surface area contributed by atoms with Gasteiger partial charge in [-0.2, -0.15) is 0 Å². The highest BCUT2D eigenvalue weighted by molar-refractivity contribution is 7.89. The van der Waals surface area contributed by atoms with E-state index < -0.39 is 10.0 Å². The Bertz CT molecular complexity index is 507. The van der Waals surface area contributed by atoms with E-state index in [0.29, 0.717) is 13.1 Å². The number of rotatable bonds is 8. The molecule has 0 amide bonds. The molecule has 0 fully saturated rings. The fourth-order valence-electron chi connectivity index (χ4n) is 1.73. The van der Waals surface area contributed by atoms with Crippen molar-refractivity contribution in [3.63, 3.8) is 0 Å². The van der Waals surface area contributed by atoms with Crippen LogP contribution in [0.3, 0.4) is 0 Å². The Morgan fingerprint density at radius 2 is 1.90 bits per heavy atom. The fraction of sp³-hybridized carbons (Fsp3) is 0.538. The van der Waals surface area contributed by atoms with E-state index in [0.717, 1.165) is 24.9 Å². The molecular weight excluding hydrogens is 319 g/mol. The Balaban J connectivity index is 0.00000361. The number of benzene rings is 1. The monoisotopic (exact) mass is 340 g/mol. The van der Waals surface area contributed by atoms with E-state index in [4.69, 9.17) is 11.6 Å². The highest BCUT2D eigenvalue weighted by Crippen LogP contribution is 2.23. The molecule has 116 valence electrons. The Morgan fingerprint density at radius 1 is 1.20 bits per heavy atom. The van der Waals surface area contributed by atoms with Gasteiger partial charge < -0.3 is 5.32 Å². The first-order valence-corrected chi connectivity index (χ1v) is 8.36. The van der Waals surface area contributed by atoms with Gasteiger partial charge in [-0.05, 0) is 30.7 Å². The molecule has 0 bridgehead atoms. The molecule has 0 saturated heterocycles. The van der Waals surface area contributed by atoms with Gasteiger partial charge in [-0.3, -0.25) is 0 Å². The van der Waals surface area contributed by atoms with Crippen LogP contribution in [0.4, 0.5) is 0 Å². The van der Waals surface area contributed by atoms with Gasteiger partial charge >= 0.3 is 0 Å². The molecule has 1 aromatic rings. The van der Waals surface area contributed by atoms with Gasteiger partial charge in [0.1, 0.15) is 4.90 Å². The fourth-order valence-corrected chi connectivity index (χ4v) is 3.31. The molecule has 0 heterocycles. The molecule has 0 aliphatic carbocycles. The second kappa shape index (κ2) is 9.58. The molecule has 0 radical (unpaired) electrons. The number of aryl methyl sites for hydroxylation is 1. The van der Waals surface area contributed by atoms with E-state index in [1.165, 1.54) is 0 Å². The standard InChI is InChI=1S/C13H21ClN2O2S.ClH/c1-3-5-11-6-7-12(14)13(10-11)19(17,18)16-9-8-15-4-2;/h6-7,10,15-16H,3-5,8-9H2,1-2H3;1H. The smallest absolute Gasteiger partial charge is 0.242 e. The van der Waals surface area contributed by atoms with Crippen molar-refractivity contribution in [3.8, 4) is 0 Å². The van der Waals surface area contributed by atoms with Crippen molar-refractivity contribution < 1.29 is 8.42 Å². The topological polar surface area (TPSA) is 58.2 Å². The van der Waals surface area contributed by atoms with Crippen LogP contribution < -0.4 is 10.0 Å². The largest absolute Gasteiger partial charge is 0.316 e. The average Bonchev–Trinajstić information content (AvgIpc) is 2.37. The summed E-state index contributed by atoms with van der Waals surface area (Å²) < 4.78 is 26.8. The van der Waals surface area contributed by atoms with E-state index in [1.54, 1.807) is 12.1 Å². The average molecular weight is 341 g/mol. The lowest BCUT2D eigenvalue weighted by Crippen LogP contribution is -2.32. The third-order valence-electron chi connectivity index (χ3n) is 2.67. The Kier molecular flexibility index (Phi) is 9.42. The van der Waals surface area contributed by atoms with E-state index in [9.17, 15) is 8.42 Å². The molecule has 0 aliphatic rings. The lowest BCUT2D eigenvalue weighted by molar-refractivity contribution is 0.577. The van der Waals surface area contributed by atoms with E-state index in [1.807, 2.05) is 13.0 Å². The van der Waals surface area contributed by atoms with Gasteiger partial charge in [-0.25, -0.2) is 13.1 Å². The van der Waals surface area contributed by atoms with Gasteiger partial charge in [-0.15, -0.1) is 12.4 Å². The lowest BCUT2D eigenvalue weighted by atomic mass is 10.1. The summed E-state index contributed by atoms with van der Waals surface area (Å²) in [5, 5.41) is 3.32. The van der Waals surface area contributed by atoms with Crippen LogP contribution in [-0.2, 0) is 16.4 Å². The molecule has 2 N–H and O–H groups in total. The Labute approximate surface area is 132 Å². The summed E-state index contributed by atoms with van der Waals surface area (Å²) in [7, 11) is -3.53. The van der Waals surface area contributed by atoms with E-state index >= 15 is 0 Å². The molecule has 20 heavy (non-hydrogen) atoms. The molecule has 0 saturated carbocycles. The zero-order valence-corrected chi connectivity index (χ0v) is 14.2. The van der Waals surface area contributed by atoms with Crippen LogP contribution in [0.5, 0.6) is 0 Å². The van der Waals surface area contributed by atoms with Crippen LogP contribution in [-0.4, -0.2) is 28.1 Å². The first kappa shape index (κ1) is 19.7. The van der Waals surface area contributed by atoms with Crippen molar-refractivity contribution >= 4 is 34.0 Å². The molecule has 0 spiro atoms. The van der Waals surface area contributed by atoms with E-state index in [-0.39, 0.29) is 22.3 Å². The molecule has 0 unspecified atom stereocenters. The maximum absolute atomic E-state index is 12.1. The summed E-state index contributed by atoms with van der Waals surface area (Å²) in [6.07, 6.45) is 1.81. The minimum Gasteiger partial charge on any atom is -0.316 e.